The lowest BCUT2D eigenvalue weighted by atomic mass is 9.87. The van der Waals surface area contributed by atoms with Crippen molar-refractivity contribution >= 4 is 40.5 Å². The molecule has 0 radical (unpaired) electrons. The number of aromatic nitrogens is 1. The summed E-state index contributed by atoms with van der Waals surface area (Å²) in [5.41, 5.74) is 6.48. The SMILES string of the molecule is CCC(=O)Nc1ccc2c(c1)C(c1ccc(Cl)cc1)N(c1ccc(NC(C)c3ccncc3)cc1)C(=O)C2. The Morgan fingerprint density at radius 1 is 1.00 bits per heavy atom. The predicted octanol–water partition coefficient (Wildman–Crippen LogP) is 6.94. The maximum absolute atomic E-state index is 13.6. The van der Waals surface area contributed by atoms with E-state index in [1.807, 2.05) is 90.7 Å². The number of benzene rings is 3. The van der Waals surface area contributed by atoms with Crippen molar-refractivity contribution in [2.45, 2.75) is 38.8 Å². The van der Waals surface area contributed by atoms with Crippen LogP contribution in [0.25, 0.3) is 0 Å². The monoisotopic (exact) mass is 524 g/mol. The van der Waals surface area contributed by atoms with Gasteiger partial charge < -0.3 is 15.5 Å². The fourth-order valence-corrected chi connectivity index (χ4v) is 4.97. The largest absolute Gasteiger partial charge is 0.379 e. The normalized spacial score (nSPS) is 15.5. The number of amides is 2. The minimum absolute atomic E-state index is 0.00802. The topological polar surface area (TPSA) is 74.3 Å². The van der Waals surface area contributed by atoms with Crippen LogP contribution in [-0.2, 0) is 16.0 Å². The van der Waals surface area contributed by atoms with Gasteiger partial charge in [-0.15, -0.1) is 0 Å². The molecule has 192 valence electrons. The van der Waals surface area contributed by atoms with Crippen molar-refractivity contribution in [1.29, 1.82) is 0 Å². The lowest BCUT2D eigenvalue weighted by molar-refractivity contribution is -0.119. The quantitative estimate of drug-likeness (QED) is 0.275. The molecule has 2 unspecified atom stereocenters. The molecule has 0 aliphatic carbocycles. The van der Waals surface area contributed by atoms with E-state index in [0.717, 1.165) is 33.6 Å². The first-order valence-electron chi connectivity index (χ1n) is 12.7. The average Bonchev–Trinajstić information content (AvgIpc) is 2.94. The molecule has 1 aliphatic rings. The number of hydrogen-bond acceptors (Lipinski definition) is 4. The van der Waals surface area contributed by atoms with Gasteiger partial charge in [0.15, 0.2) is 0 Å². The molecular weight excluding hydrogens is 496 g/mol. The number of rotatable bonds is 7. The summed E-state index contributed by atoms with van der Waals surface area (Å²) in [5, 5.41) is 7.09. The second kappa shape index (κ2) is 11.1. The Labute approximate surface area is 227 Å². The zero-order valence-electron chi connectivity index (χ0n) is 21.3. The van der Waals surface area contributed by atoms with Crippen LogP contribution in [-0.4, -0.2) is 16.8 Å². The predicted molar refractivity (Wildman–Crippen MR) is 153 cm³/mol. The molecule has 3 aromatic carbocycles. The summed E-state index contributed by atoms with van der Waals surface area (Å²) in [5.74, 6) is -0.0468. The lowest BCUT2D eigenvalue weighted by Crippen LogP contribution is -2.41. The standard InChI is InChI=1S/C31H29ClN4O2/c1-3-29(37)35-26-9-6-23-18-30(38)36(31(28(23)19-26)22-4-7-24(32)8-5-22)27-12-10-25(11-13-27)34-20(2)21-14-16-33-17-15-21/h4-17,19-20,31,34H,3,18H2,1-2H3,(H,35,37). The molecule has 0 fully saturated rings. The molecule has 2 amide bonds. The molecular formula is C31H29ClN4O2. The Balaban J connectivity index is 1.50. The van der Waals surface area contributed by atoms with Crippen LogP contribution in [0.1, 0.15) is 54.6 Å². The summed E-state index contributed by atoms with van der Waals surface area (Å²) in [6.07, 6.45) is 4.24. The lowest BCUT2D eigenvalue weighted by Gasteiger charge is -2.38. The van der Waals surface area contributed by atoms with Crippen LogP contribution in [0, 0.1) is 0 Å². The van der Waals surface area contributed by atoms with Gasteiger partial charge in [0.1, 0.15) is 0 Å². The van der Waals surface area contributed by atoms with E-state index in [1.165, 1.54) is 0 Å². The minimum Gasteiger partial charge on any atom is -0.379 e. The highest BCUT2D eigenvalue weighted by molar-refractivity contribution is 6.30. The average molecular weight is 525 g/mol. The number of carbonyl (C=O) groups excluding carboxylic acids is 2. The Kier molecular flexibility index (Phi) is 7.43. The fourth-order valence-electron chi connectivity index (χ4n) is 4.84. The third kappa shape index (κ3) is 5.41. The number of fused-ring (bicyclic) bond motifs is 1. The van der Waals surface area contributed by atoms with E-state index in [-0.39, 0.29) is 30.3 Å². The van der Waals surface area contributed by atoms with Crippen LogP contribution in [0.2, 0.25) is 5.02 Å². The van der Waals surface area contributed by atoms with Gasteiger partial charge in [-0.3, -0.25) is 14.6 Å². The molecule has 4 aromatic rings. The van der Waals surface area contributed by atoms with Crippen molar-refractivity contribution in [2.75, 3.05) is 15.5 Å². The second-order valence-corrected chi connectivity index (χ2v) is 9.84. The highest BCUT2D eigenvalue weighted by Gasteiger charge is 2.35. The van der Waals surface area contributed by atoms with Gasteiger partial charge >= 0.3 is 0 Å². The highest BCUT2D eigenvalue weighted by atomic mass is 35.5. The molecule has 2 atom stereocenters. The van der Waals surface area contributed by atoms with Crippen molar-refractivity contribution in [3.8, 4) is 0 Å². The van der Waals surface area contributed by atoms with Gasteiger partial charge in [0.2, 0.25) is 11.8 Å². The van der Waals surface area contributed by atoms with Gasteiger partial charge in [0.25, 0.3) is 0 Å². The summed E-state index contributed by atoms with van der Waals surface area (Å²) in [4.78, 5) is 31.6. The number of anilines is 3. The number of pyridine rings is 1. The number of carbonyl (C=O) groups is 2. The first-order chi connectivity index (χ1) is 18.4. The first kappa shape index (κ1) is 25.5. The van der Waals surface area contributed by atoms with Crippen LogP contribution in [0.15, 0.2) is 91.3 Å². The zero-order chi connectivity index (χ0) is 26.6. The molecule has 0 saturated carbocycles. The van der Waals surface area contributed by atoms with Gasteiger partial charge in [0.05, 0.1) is 12.5 Å². The number of nitrogens with zero attached hydrogens (tertiary/aromatic N) is 2. The van der Waals surface area contributed by atoms with Gasteiger partial charge in [-0.1, -0.05) is 36.7 Å². The first-order valence-corrected chi connectivity index (χ1v) is 13.1. The second-order valence-electron chi connectivity index (χ2n) is 9.40. The molecule has 1 aliphatic heterocycles. The summed E-state index contributed by atoms with van der Waals surface area (Å²) < 4.78 is 0. The van der Waals surface area contributed by atoms with Gasteiger partial charge in [-0.25, -0.2) is 0 Å². The Morgan fingerprint density at radius 2 is 1.68 bits per heavy atom. The number of hydrogen-bond donors (Lipinski definition) is 2. The van der Waals surface area contributed by atoms with Gasteiger partial charge in [-0.2, -0.15) is 0 Å². The minimum atomic E-state index is -0.364. The number of halogens is 1. The van der Waals surface area contributed by atoms with Crippen molar-refractivity contribution in [1.82, 2.24) is 4.98 Å². The van der Waals surface area contributed by atoms with Crippen molar-refractivity contribution in [3.63, 3.8) is 0 Å². The summed E-state index contributed by atoms with van der Waals surface area (Å²) in [6.45, 7) is 3.92. The van der Waals surface area contributed by atoms with Gasteiger partial charge in [-0.05, 0) is 89.8 Å². The van der Waals surface area contributed by atoms with Crippen LogP contribution in [0.5, 0.6) is 0 Å². The van der Waals surface area contributed by atoms with Crippen LogP contribution < -0.4 is 15.5 Å². The Bertz CT molecular complexity index is 1440. The molecule has 2 N–H and O–H groups in total. The molecule has 0 spiro atoms. The van der Waals surface area contributed by atoms with E-state index >= 15 is 0 Å². The van der Waals surface area contributed by atoms with E-state index in [9.17, 15) is 9.59 Å². The summed E-state index contributed by atoms with van der Waals surface area (Å²) in [6, 6.07) is 25.0. The summed E-state index contributed by atoms with van der Waals surface area (Å²) >= 11 is 6.20. The zero-order valence-corrected chi connectivity index (χ0v) is 22.1. The molecule has 0 bridgehead atoms. The molecule has 5 rings (SSSR count). The van der Waals surface area contributed by atoms with Crippen LogP contribution in [0.3, 0.4) is 0 Å². The maximum atomic E-state index is 13.6. The fraction of sp³-hybridized carbons (Fsp3) is 0.194. The molecule has 1 aromatic heterocycles. The van der Waals surface area contributed by atoms with E-state index in [4.69, 9.17) is 11.6 Å². The van der Waals surface area contributed by atoms with E-state index in [2.05, 4.69) is 22.5 Å². The maximum Gasteiger partial charge on any atom is 0.232 e. The third-order valence-corrected chi connectivity index (χ3v) is 7.09. The summed E-state index contributed by atoms with van der Waals surface area (Å²) in [7, 11) is 0. The number of nitrogens with one attached hydrogen (secondary N) is 2. The van der Waals surface area contributed by atoms with Gasteiger partial charge in [0, 0.05) is 46.9 Å². The van der Waals surface area contributed by atoms with Crippen molar-refractivity contribution in [2.24, 2.45) is 0 Å². The van der Waals surface area contributed by atoms with Crippen LogP contribution >= 0.6 is 11.6 Å². The van der Waals surface area contributed by atoms with Crippen LogP contribution in [0.4, 0.5) is 17.1 Å². The Morgan fingerprint density at radius 3 is 2.37 bits per heavy atom. The third-order valence-electron chi connectivity index (χ3n) is 6.83. The van der Waals surface area contributed by atoms with E-state index in [1.54, 1.807) is 12.4 Å². The molecule has 6 nitrogen and oxygen atoms in total. The Hall–Kier alpha value is -4.16. The van der Waals surface area contributed by atoms with E-state index < -0.39 is 0 Å². The van der Waals surface area contributed by atoms with Crippen molar-refractivity contribution < 1.29 is 9.59 Å². The smallest absolute Gasteiger partial charge is 0.232 e. The molecule has 2 heterocycles. The van der Waals surface area contributed by atoms with Crippen molar-refractivity contribution in [3.05, 3.63) is 119 Å². The molecule has 0 saturated heterocycles. The van der Waals surface area contributed by atoms with E-state index in [0.29, 0.717) is 17.1 Å². The molecule has 7 heteroatoms. The molecule has 38 heavy (non-hydrogen) atoms. The highest BCUT2D eigenvalue weighted by Crippen LogP contribution is 2.40.